The maximum Gasteiger partial charge on any atom is 0.0992 e. The van der Waals surface area contributed by atoms with E-state index >= 15 is 0 Å². The first-order chi connectivity index (χ1) is 9.15. The normalized spacial score (nSPS) is 16.5. The van der Waals surface area contributed by atoms with Gasteiger partial charge >= 0.3 is 0 Å². The molecule has 1 unspecified atom stereocenters. The Balaban J connectivity index is 2.29. The molecule has 0 saturated heterocycles. The molecule has 1 aliphatic carbocycles. The van der Waals surface area contributed by atoms with E-state index in [2.05, 4.69) is 17.9 Å². The monoisotopic (exact) mass is 258 g/mol. The van der Waals surface area contributed by atoms with Crippen LogP contribution in [0.1, 0.15) is 50.3 Å². The van der Waals surface area contributed by atoms with Crippen LogP contribution in [0.15, 0.2) is 18.2 Å². The molecular formula is C16H22N2O. The van der Waals surface area contributed by atoms with Gasteiger partial charge in [0.25, 0.3) is 0 Å². The van der Waals surface area contributed by atoms with Crippen molar-refractivity contribution in [3.8, 4) is 6.07 Å². The Labute approximate surface area is 115 Å². The van der Waals surface area contributed by atoms with Gasteiger partial charge < -0.3 is 10.0 Å². The molecule has 1 fully saturated rings. The van der Waals surface area contributed by atoms with Gasteiger partial charge in [-0.25, -0.2) is 0 Å². The van der Waals surface area contributed by atoms with Crippen molar-refractivity contribution in [3.63, 3.8) is 0 Å². The maximum absolute atomic E-state index is 9.91. The molecule has 3 heteroatoms. The van der Waals surface area contributed by atoms with Gasteiger partial charge in [-0.15, -0.1) is 0 Å². The summed E-state index contributed by atoms with van der Waals surface area (Å²) < 4.78 is 0. The van der Waals surface area contributed by atoms with Crippen molar-refractivity contribution >= 4 is 5.69 Å². The molecule has 1 aromatic carbocycles. The van der Waals surface area contributed by atoms with Gasteiger partial charge in [0, 0.05) is 24.3 Å². The fourth-order valence-electron chi connectivity index (χ4n) is 2.63. The van der Waals surface area contributed by atoms with Gasteiger partial charge in [-0.2, -0.15) is 5.26 Å². The number of nitriles is 1. The minimum Gasteiger partial charge on any atom is -0.389 e. The number of nitrogens with zero attached hydrogens (tertiary/aromatic N) is 2. The maximum atomic E-state index is 9.91. The highest BCUT2D eigenvalue weighted by molar-refractivity contribution is 5.58. The van der Waals surface area contributed by atoms with E-state index in [-0.39, 0.29) is 0 Å². The van der Waals surface area contributed by atoms with Crippen LogP contribution in [-0.2, 0) is 0 Å². The first-order valence-electron chi connectivity index (χ1n) is 7.12. The summed E-state index contributed by atoms with van der Waals surface area (Å²) in [7, 11) is 0. The van der Waals surface area contributed by atoms with E-state index in [1.165, 1.54) is 19.3 Å². The second-order valence-electron chi connectivity index (χ2n) is 5.40. The molecule has 0 radical (unpaired) electrons. The first-order valence-corrected chi connectivity index (χ1v) is 7.12. The summed E-state index contributed by atoms with van der Waals surface area (Å²) in [6.07, 6.45) is 3.44. The molecule has 0 aromatic heterocycles. The second-order valence-corrected chi connectivity index (χ2v) is 5.40. The van der Waals surface area contributed by atoms with Crippen LogP contribution in [0.4, 0.5) is 5.69 Å². The van der Waals surface area contributed by atoms with Crippen molar-refractivity contribution in [1.29, 1.82) is 5.26 Å². The molecule has 19 heavy (non-hydrogen) atoms. The van der Waals surface area contributed by atoms with Gasteiger partial charge in [0.1, 0.15) is 0 Å². The summed E-state index contributed by atoms with van der Waals surface area (Å²) >= 11 is 0. The molecular weight excluding hydrogens is 236 g/mol. The average Bonchev–Trinajstić information content (AvgIpc) is 2.37. The van der Waals surface area contributed by atoms with Gasteiger partial charge in [0.2, 0.25) is 0 Å². The Hall–Kier alpha value is -1.53. The molecule has 102 valence electrons. The molecule has 1 saturated carbocycles. The Kier molecular flexibility index (Phi) is 4.44. The number of rotatable bonds is 5. The summed E-state index contributed by atoms with van der Waals surface area (Å²) in [4.78, 5) is 2.30. The Morgan fingerprint density at radius 2 is 2.21 bits per heavy atom. The van der Waals surface area contributed by atoms with Crippen molar-refractivity contribution in [3.05, 3.63) is 29.3 Å². The number of benzene rings is 1. The summed E-state index contributed by atoms with van der Waals surface area (Å²) in [6, 6.07) is 7.75. The van der Waals surface area contributed by atoms with Crippen molar-refractivity contribution in [1.82, 2.24) is 0 Å². The van der Waals surface area contributed by atoms with E-state index < -0.39 is 6.10 Å². The SMILES string of the molecule is CCN(CC1CCC1)c1cc(C#N)ccc1C(C)O. The number of anilines is 1. The number of hydrogen-bond donors (Lipinski definition) is 1. The lowest BCUT2D eigenvalue weighted by Crippen LogP contribution is -2.33. The van der Waals surface area contributed by atoms with E-state index in [1.807, 2.05) is 12.1 Å². The summed E-state index contributed by atoms with van der Waals surface area (Å²) in [5.74, 6) is 0.771. The summed E-state index contributed by atoms with van der Waals surface area (Å²) in [6.45, 7) is 5.85. The highest BCUT2D eigenvalue weighted by atomic mass is 16.3. The Morgan fingerprint density at radius 3 is 2.68 bits per heavy atom. The van der Waals surface area contributed by atoms with Gasteiger partial charge in [-0.1, -0.05) is 12.5 Å². The highest BCUT2D eigenvalue weighted by Crippen LogP contribution is 2.32. The number of aliphatic hydroxyl groups excluding tert-OH is 1. The molecule has 2 rings (SSSR count). The molecule has 0 aliphatic heterocycles. The third-order valence-corrected chi connectivity index (χ3v) is 4.04. The zero-order valence-corrected chi connectivity index (χ0v) is 11.8. The highest BCUT2D eigenvalue weighted by Gasteiger charge is 2.22. The first kappa shape index (κ1) is 13.9. The molecule has 1 N–H and O–H groups in total. The van der Waals surface area contributed by atoms with Crippen molar-refractivity contribution < 1.29 is 5.11 Å². The van der Waals surface area contributed by atoms with Gasteiger partial charge in [-0.3, -0.25) is 0 Å². The van der Waals surface area contributed by atoms with Crippen LogP contribution in [0.5, 0.6) is 0 Å². The molecule has 3 nitrogen and oxygen atoms in total. The minimum absolute atomic E-state index is 0.502. The van der Waals surface area contributed by atoms with Crippen molar-refractivity contribution in [2.75, 3.05) is 18.0 Å². The van der Waals surface area contributed by atoms with Crippen molar-refractivity contribution in [2.45, 2.75) is 39.2 Å². The second kappa shape index (κ2) is 6.08. The standard InChI is InChI=1S/C16H22N2O/c1-3-18(11-13-5-4-6-13)16-9-14(10-17)7-8-15(16)12(2)19/h7-9,12-13,19H,3-6,11H2,1-2H3. The van der Waals surface area contributed by atoms with E-state index in [9.17, 15) is 5.11 Å². The molecule has 1 atom stereocenters. The molecule has 0 amide bonds. The van der Waals surface area contributed by atoms with E-state index in [0.29, 0.717) is 5.56 Å². The minimum atomic E-state index is -0.502. The number of hydrogen-bond acceptors (Lipinski definition) is 3. The summed E-state index contributed by atoms with van der Waals surface area (Å²) in [5.41, 5.74) is 2.59. The van der Waals surface area contributed by atoms with Crippen LogP contribution in [0.2, 0.25) is 0 Å². The fourth-order valence-corrected chi connectivity index (χ4v) is 2.63. The van der Waals surface area contributed by atoms with Crippen LogP contribution < -0.4 is 4.90 Å². The largest absolute Gasteiger partial charge is 0.389 e. The van der Waals surface area contributed by atoms with Gasteiger partial charge in [-0.05, 0) is 44.7 Å². The summed E-state index contributed by atoms with van der Waals surface area (Å²) in [5, 5.41) is 19.0. The van der Waals surface area contributed by atoms with Crippen LogP contribution >= 0.6 is 0 Å². The Bertz CT molecular complexity index is 472. The molecule has 0 heterocycles. The predicted octanol–water partition coefficient (Wildman–Crippen LogP) is 3.24. The van der Waals surface area contributed by atoms with Crippen LogP contribution in [0.3, 0.4) is 0 Å². The lowest BCUT2D eigenvalue weighted by atomic mass is 9.85. The third kappa shape index (κ3) is 3.08. The fraction of sp³-hybridized carbons (Fsp3) is 0.562. The molecule has 0 bridgehead atoms. The van der Waals surface area contributed by atoms with E-state index in [0.717, 1.165) is 30.3 Å². The quantitative estimate of drug-likeness (QED) is 0.882. The average molecular weight is 258 g/mol. The van der Waals surface area contributed by atoms with Crippen molar-refractivity contribution in [2.24, 2.45) is 5.92 Å². The van der Waals surface area contributed by atoms with Crippen LogP contribution in [0.25, 0.3) is 0 Å². The van der Waals surface area contributed by atoms with E-state index in [4.69, 9.17) is 5.26 Å². The van der Waals surface area contributed by atoms with Crippen LogP contribution in [0, 0.1) is 17.2 Å². The molecule has 1 aromatic rings. The van der Waals surface area contributed by atoms with Crippen LogP contribution in [-0.4, -0.2) is 18.2 Å². The zero-order chi connectivity index (χ0) is 13.8. The third-order valence-electron chi connectivity index (χ3n) is 4.04. The topological polar surface area (TPSA) is 47.3 Å². The lowest BCUT2D eigenvalue weighted by Gasteiger charge is -2.34. The zero-order valence-electron chi connectivity index (χ0n) is 11.8. The lowest BCUT2D eigenvalue weighted by molar-refractivity contribution is 0.199. The number of aliphatic hydroxyl groups is 1. The predicted molar refractivity (Wildman–Crippen MR) is 77.0 cm³/mol. The Morgan fingerprint density at radius 1 is 1.47 bits per heavy atom. The smallest absolute Gasteiger partial charge is 0.0992 e. The molecule has 1 aliphatic rings. The van der Waals surface area contributed by atoms with Gasteiger partial charge in [0.05, 0.1) is 17.7 Å². The van der Waals surface area contributed by atoms with Gasteiger partial charge in [0.15, 0.2) is 0 Å². The molecule has 0 spiro atoms. The van der Waals surface area contributed by atoms with E-state index in [1.54, 1.807) is 13.0 Å².